The Labute approximate surface area is 135 Å². The van der Waals surface area contributed by atoms with Gasteiger partial charge in [-0.2, -0.15) is 0 Å². The molecule has 0 aromatic heterocycles. The maximum absolute atomic E-state index is 10.1. The number of rotatable bonds is 6. The summed E-state index contributed by atoms with van der Waals surface area (Å²) >= 11 is 4.28. The zero-order valence-electron chi connectivity index (χ0n) is 12.4. The van der Waals surface area contributed by atoms with Crippen LogP contribution in [0.3, 0.4) is 0 Å². The van der Waals surface area contributed by atoms with E-state index in [1.807, 2.05) is 42.5 Å². The van der Waals surface area contributed by atoms with Crippen molar-refractivity contribution in [1.29, 1.82) is 0 Å². The van der Waals surface area contributed by atoms with Crippen molar-refractivity contribution in [3.05, 3.63) is 42.0 Å². The van der Waals surface area contributed by atoms with Crippen LogP contribution in [0.15, 0.2) is 36.4 Å². The first kappa shape index (κ1) is 17.5. The van der Waals surface area contributed by atoms with Crippen LogP contribution in [0.5, 0.6) is 0 Å². The van der Waals surface area contributed by atoms with Crippen molar-refractivity contribution < 1.29 is 24.4 Å². The van der Waals surface area contributed by atoms with Crippen LogP contribution in [0.1, 0.15) is 5.56 Å². The number of aliphatic hydroxyl groups excluding tert-OH is 2. The van der Waals surface area contributed by atoms with Crippen molar-refractivity contribution in [2.75, 3.05) is 20.3 Å². The summed E-state index contributed by atoms with van der Waals surface area (Å²) in [5.74, 6) is 0. The number of thiol groups is 1. The highest BCUT2D eigenvalue weighted by Crippen LogP contribution is 2.25. The Morgan fingerprint density at radius 3 is 2.64 bits per heavy atom. The van der Waals surface area contributed by atoms with Gasteiger partial charge < -0.3 is 24.4 Å². The van der Waals surface area contributed by atoms with E-state index in [0.717, 1.165) is 5.56 Å². The van der Waals surface area contributed by atoms with Gasteiger partial charge in [0.25, 0.3) is 0 Å². The van der Waals surface area contributed by atoms with E-state index < -0.39 is 29.9 Å². The molecular weight excluding hydrogens is 304 g/mol. The largest absolute Gasteiger partial charge is 0.387 e. The van der Waals surface area contributed by atoms with Crippen LogP contribution >= 0.6 is 12.6 Å². The molecule has 2 N–H and O–H groups in total. The summed E-state index contributed by atoms with van der Waals surface area (Å²) in [4.78, 5) is 0. The molecular formula is C16H22O5S. The molecule has 1 fully saturated rings. The quantitative estimate of drug-likeness (QED) is 0.683. The lowest BCUT2D eigenvalue weighted by Crippen LogP contribution is -2.58. The van der Waals surface area contributed by atoms with E-state index in [0.29, 0.717) is 6.61 Å². The molecule has 2 rings (SSSR count). The van der Waals surface area contributed by atoms with E-state index in [4.69, 9.17) is 14.2 Å². The maximum atomic E-state index is 10.1. The fraction of sp³-hybridized carbons (Fsp3) is 0.500. The standard InChI is InChI=1S/C16H22O5S/c1-19-10-12-13(17)14(18)15(16(22)21-12)20-9-5-8-11-6-3-2-4-7-11/h2-8,12-18,22H,9-10H2,1H3/b8-5+/t12-,13-,14+,15+,16+/m1/s1. The fourth-order valence-electron chi connectivity index (χ4n) is 2.32. The molecule has 6 heteroatoms. The summed E-state index contributed by atoms with van der Waals surface area (Å²) in [7, 11) is 1.51. The molecule has 1 aromatic rings. The molecule has 0 bridgehead atoms. The lowest BCUT2D eigenvalue weighted by molar-refractivity contribution is -0.217. The second-order valence-electron chi connectivity index (χ2n) is 5.11. The summed E-state index contributed by atoms with van der Waals surface area (Å²) in [5, 5.41) is 20.1. The van der Waals surface area contributed by atoms with E-state index in [-0.39, 0.29) is 6.61 Å². The molecule has 1 aliphatic heterocycles. The Balaban J connectivity index is 1.86. The lowest BCUT2D eigenvalue weighted by Gasteiger charge is -2.40. The molecule has 0 spiro atoms. The molecule has 0 amide bonds. The molecule has 1 aliphatic rings. The van der Waals surface area contributed by atoms with Crippen molar-refractivity contribution >= 4 is 18.7 Å². The summed E-state index contributed by atoms with van der Waals surface area (Å²) in [5.41, 5.74) is 0.442. The van der Waals surface area contributed by atoms with Crippen molar-refractivity contribution in [2.45, 2.75) is 29.9 Å². The van der Waals surface area contributed by atoms with E-state index in [1.165, 1.54) is 7.11 Å². The van der Waals surface area contributed by atoms with Gasteiger partial charge in [0.2, 0.25) is 0 Å². The topological polar surface area (TPSA) is 68.2 Å². The first-order valence-corrected chi connectivity index (χ1v) is 7.67. The minimum atomic E-state index is -1.07. The molecule has 0 unspecified atom stereocenters. The van der Waals surface area contributed by atoms with E-state index >= 15 is 0 Å². The first-order valence-electron chi connectivity index (χ1n) is 7.15. The molecule has 22 heavy (non-hydrogen) atoms. The fourth-order valence-corrected chi connectivity index (χ4v) is 2.74. The molecule has 1 saturated heterocycles. The molecule has 0 aliphatic carbocycles. The summed E-state index contributed by atoms with van der Waals surface area (Å²) in [6.45, 7) is 0.481. The van der Waals surface area contributed by atoms with E-state index in [9.17, 15) is 10.2 Å². The summed E-state index contributed by atoms with van der Waals surface area (Å²) in [6, 6.07) is 9.82. The predicted octanol–water partition coefficient (Wildman–Crippen LogP) is 1.11. The highest BCUT2D eigenvalue weighted by molar-refractivity contribution is 7.80. The van der Waals surface area contributed by atoms with Crippen LogP contribution < -0.4 is 0 Å². The van der Waals surface area contributed by atoms with Gasteiger partial charge in [0.1, 0.15) is 29.9 Å². The Bertz CT molecular complexity index is 467. The molecule has 5 nitrogen and oxygen atoms in total. The minimum Gasteiger partial charge on any atom is -0.387 e. The van der Waals surface area contributed by atoms with Gasteiger partial charge in [0.15, 0.2) is 0 Å². The first-order chi connectivity index (χ1) is 10.6. The maximum Gasteiger partial charge on any atom is 0.129 e. The van der Waals surface area contributed by atoms with Gasteiger partial charge in [-0.25, -0.2) is 0 Å². The number of hydrogen-bond donors (Lipinski definition) is 3. The number of ether oxygens (including phenoxy) is 3. The SMILES string of the molecule is COC[C@H]1O[C@@H](S)[C@@H](OC/C=C/c2ccccc2)[C@@H](O)[C@@H]1O. The van der Waals surface area contributed by atoms with Crippen molar-refractivity contribution in [1.82, 2.24) is 0 Å². The number of hydrogen-bond acceptors (Lipinski definition) is 6. The Kier molecular flexibility index (Phi) is 6.88. The van der Waals surface area contributed by atoms with Crippen molar-refractivity contribution in [3.63, 3.8) is 0 Å². The monoisotopic (exact) mass is 326 g/mol. The van der Waals surface area contributed by atoms with Gasteiger partial charge in [-0.1, -0.05) is 42.5 Å². The van der Waals surface area contributed by atoms with Crippen LogP contribution in [-0.2, 0) is 14.2 Å². The smallest absolute Gasteiger partial charge is 0.129 e. The summed E-state index contributed by atoms with van der Waals surface area (Å²) in [6.07, 6.45) is 0.325. The Morgan fingerprint density at radius 1 is 1.23 bits per heavy atom. The predicted molar refractivity (Wildman–Crippen MR) is 86.8 cm³/mol. The Morgan fingerprint density at radius 2 is 1.95 bits per heavy atom. The molecule has 0 radical (unpaired) electrons. The van der Waals surface area contributed by atoms with Crippen molar-refractivity contribution in [2.24, 2.45) is 0 Å². The van der Waals surface area contributed by atoms with Gasteiger partial charge in [0, 0.05) is 7.11 Å². The Hall–Kier alpha value is -0.890. The second-order valence-corrected chi connectivity index (χ2v) is 5.62. The zero-order valence-corrected chi connectivity index (χ0v) is 13.3. The van der Waals surface area contributed by atoms with Crippen LogP contribution in [0.4, 0.5) is 0 Å². The van der Waals surface area contributed by atoms with Crippen LogP contribution in [0.25, 0.3) is 6.08 Å². The van der Waals surface area contributed by atoms with Crippen LogP contribution in [0, 0.1) is 0 Å². The third-order valence-corrected chi connectivity index (χ3v) is 3.90. The zero-order chi connectivity index (χ0) is 15.9. The average Bonchev–Trinajstić information content (AvgIpc) is 2.53. The molecule has 0 saturated carbocycles. The van der Waals surface area contributed by atoms with E-state index in [1.54, 1.807) is 0 Å². The van der Waals surface area contributed by atoms with Crippen molar-refractivity contribution in [3.8, 4) is 0 Å². The van der Waals surface area contributed by atoms with Gasteiger partial charge in [-0.3, -0.25) is 0 Å². The second kappa shape index (κ2) is 8.67. The highest BCUT2D eigenvalue weighted by atomic mass is 32.1. The average molecular weight is 326 g/mol. The minimum absolute atomic E-state index is 0.190. The summed E-state index contributed by atoms with van der Waals surface area (Å²) < 4.78 is 16.1. The molecule has 1 aromatic carbocycles. The lowest BCUT2D eigenvalue weighted by atomic mass is 10.00. The number of aliphatic hydroxyl groups is 2. The van der Waals surface area contributed by atoms with Crippen LogP contribution in [-0.4, -0.2) is 60.4 Å². The molecule has 1 heterocycles. The third-order valence-electron chi connectivity index (χ3n) is 3.49. The number of benzene rings is 1. The molecule has 122 valence electrons. The normalized spacial score (nSPS) is 32.5. The van der Waals surface area contributed by atoms with E-state index in [2.05, 4.69) is 12.6 Å². The van der Waals surface area contributed by atoms with Crippen LogP contribution in [0.2, 0.25) is 0 Å². The van der Waals surface area contributed by atoms with Gasteiger partial charge in [-0.05, 0) is 5.56 Å². The highest BCUT2D eigenvalue weighted by Gasteiger charge is 2.43. The third kappa shape index (κ3) is 4.55. The van der Waals surface area contributed by atoms with Gasteiger partial charge >= 0.3 is 0 Å². The van der Waals surface area contributed by atoms with Gasteiger partial charge in [-0.15, -0.1) is 12.6 Å². The number of methoxy groups -OCH3 is 1. The van der Waals surface area contributed by atoms with Gasteiger partial charge in [0.05, 0.1) is 13.2 Å². The molecule has 5 atom stereocenters.